The van der Waals surface area contributed by atoms with Crippen molar-refractivity contribution in [2.75, 3.05) is 0 Å². The van der Waals surface area contributed by atoms with Crippen molar-refractivity contribution in [1.29, 1.82) is 0 Å². The molecule has 0 spiro atoms. The molecule has 23 heavy (non-hydrogen) atoms. The smallest absolute Gasteiger partial charge is 0.302 e. The number of alkyl halides is 3. The molecule has 0 amide bonds. The number of hydrogen-bond acceptors (Lipinski definition) is 4. The maximum atomic E-state index is 12.7. The quantitative estimate of drug-likeness (QED) is 0.626. The Morgan fingerprint density at radius 3 is 2.39 bits per heavy atom. The molecule has 4 nitrogen and oxygen atoms in total. The van der Waals surface area contributed by atoms with Crippen molar-refractivity contribution in [3.63, 3.8) is 0 Å². The van der Waals surface area contributed by atoms with E-state index in [1.54, 1.807) is 19.1 Å². The number of carbonyl (C=O) groups excluding carboxylic acids is 1. The predicted molar refractivity (Wildman–Crippen MR) is 81.6 cm³/mol. The van der Waals surface area contributed by atoms with Crippen molar-refractivity contribution in [3.8, 4) is 0 Å². The van der Waals surface area contributed by atoms with Gasteiger partial charge in [0.05, 0.1) is 5.25 Å². The summed E-state index contributed by atoms with van der Waals surface area (Å²) in [6.45, 7) is 5.49. The van der Waals surface area contributed by atoms with Crippen molar-refractivity contribution in [3.05, 3.63) is 40.7 Å². The topological polar surface area (TPSA) is 47.8 Å². The van der Waals surface area contributed by atoms with Crippen LogP contribution in [0.2, 0.25) is 0 Å². The van der Waals surface area contributed by atoms with Gasteiger partial charge >= 0.3 is 6.18 Å². The number of thioether (sulfide) groups is 1. The normalized spacial score (nSPS) is 13.2. The molecule has 124 valence electrons. The van der Waals surface area contributed by atoms with Crippen LogP contribution in [-0.2, 0) is 13.2 Å². The Morgan fingerprint density at radius 1 is 1.22 bits per heavy atom. The molecule has 2 rings (SSSR count). The van der Waals surface area contributed by atoms with Gasteiger partial charge in [-0.15, -0.1) is 10.2 Å². The maximum Gasteiger partial charge on any atom is 0.451 e. The van der Waals surface area contributed by atoms with E-state index in [4.69, 9.17) is 0 Å². The zero-order chi connectivity index (χ0) is 17.4. The van der Waals surface area contributed by atoms with Crippen LogP contribution in [0, 0.1) is 13.8 Å². The molecule has 0 aliphatic carbocycles. The highest BCUT2D eigenvalue weighted by Crippen LogP contribution is 2.31. The first-order chi connectivity index (χ1) is 10.6. The number of hydrogen-bond donors (Lipinski definition) is 0. The van der Waals surface area contributed by atoms with E-state index in [1.807, 2.05) is 19.9 Å². The summed E-state index contributed by atoms with van der Waals surface area (Å²) in [7, 11) is 1.23. The SMILES string of the molecule is Cc1ccc(C(=O)[C@H](C)Sc2nnc(C(F)(F)F)n2C)cc1C. The van der Waals surface area contributed by atoms with E-state index in [2.05, 4.69) is 10.2 Å². The van der Waals surface area contributed by atoms with Gasteiger partial charge in [-0.3, -0.25) is 4.79 Å². The molecular formula is C15H16F3N3OS. The molecule has 0 fully saturated rings. The molecule has 0 aliphatic rings. The molecule has 0 bridgehead atoms. The third-order valence-corrected chi connectivity index (χ3v) is 4.67. The second-order valence-corrected chi connectivity index (χ2v) is 6.59. The summed E-state index contributed by atoms with van der Waals surface area (Å²) in [5, 5.41) is 6.18. The number of benzene rings is 1. The van der Waals surface area contributed by atoms with Crippen molar-refractivity contribution in [2.24, 2.45) is 7.05 Å². The molecule has 0 N–H and O–H groups in total. The molecule has 1 aromatic carbocycles. The number of ketones is 1. The van der Waals surface area contributed by atoms with Crippen molar-refractivity contribution in [1.82, 2.24) is 14.8 Å². The van der Waals surface area contributed by atoms with E-state index in [-0.39, 0.29) is 10.9 Å². The van der Waals surface area contributed by atoms with E-state index in [1.165, 1.54) is 7.05 Å². The highest BCUT2D eigenvalue weighted by atomic mass is 32.2. The van der Waals surface area contributed by atoms with Crippen LogP contribution in [0.4, 0.5) is 13.2 Å². The zero-order valence-corrected chi connectivity index (χ0v) is 13.9. The average molecular weight is 343 g/mol. The molecule has 0 saturated heterocycles. The summed E-state index contributed by atoms with van der Waals surface area (Å²) in [5.74, 6) is -1.24. The third kappa shape index (κ3) is 3.74. The van der Waals surface area contributed by atoms with Crippen LogP contribution in [0.15, 0.2) is 23.4 Å². The van der Waals surface area contributed by atoms with Gasteiger partial charge in [-0.1, -0.05) is 23.9 Å². The predicted octanol–water partition coefficient (Wildman–Crippen LogP) is 3.81. The van der Waals surface area contributed by atoms with Gasteiger partial charge in [0, 0.05) is 12.6 Å². The minimum absolute atomic E-state index is 0.0574. The van der Waals surface area contributed by atoms with Crippen LogP contribution in [0.1, 0.15) is 34.2 Å². The summed E-state index contributed by atoms with van der Waals surface area (Å²) >= 11 is 0.960. The maximum absolute atomic E-state index is 12.7. The summed E-state index contributed by atoms with van der Waals surface area (Å²) in [4.78, 5) is 12.4. The van der Waals surface area contributed by atoms with E-state index < -0.39 is 17.3 Å². The van der Waals surface area contributed by atoms with Crippen LogP contribution < -0.4 is 0 Å². The minimum Gasteiger partial charge on any atom is -0.302 e. The van der Waals surface area contributed by atoms with Crippen LogP contribution >= 0.6 is 11.8 Å². The Bertz CT molecular complexity index is 740. The molecule has 2 aromatic rings. The third-order valence-electron chi connectivity index (χ3n) is 3.53. The van der Waals surface area contributed by atoms with Gasteiger partial charge in [-0.25, -0.2) is 0 Å². The Hall–Kier alpha value is -1.83. The van der Waals surface area contributed by atoms with Crippen LogP contribution in [0.3, 0.4) is 0 Å². The first-order valence-electron chi connectivity index (χ1n) is 6.86. The Balaban J connectivity index is 2.19. The largest absolute Gasteiger partial charge is 0.451 e. The summed E-state index contributed by atoms with van der Waals surface area (Å²) in [5.41, 5.74) is 2.60. The monoisotopic (exact) mass is 343 g/mol. The van der Waals surface area contributed by atoms with Crippen molar-refractivity contribution in [2.45, 2.75) is 37.4 Å². The number of aromatic nitrogens is 3. The van der Waals surface area contributed by atoms with E-state index in [9.17, 15) is 18.0 Å². The molecule has 0 aliphatic heterocycles. The zero-order valence-electron chi connectivity index (χ0n) is 13.1. The number of carbonyl (C=O) groups is 1. The fourth-order valence-corrected chi connectivity index (χ4v) is 2.90. The Labute approximate surface area is 136 Å². The van der Waals surface area contributed by atoms with E-state index in [0.29, 0.717) is 5.56 Å². The highest BCUT2D eigenvalue weighted by molar-refractivity contribution is 8.00. The van der Waals surface area contributed by atoms with E-state index >= 15 is 0 Å². The lowest BCUT2D eigenvalue weighted by molar-refractivity contribution is -0.147. The summed E-state index contributed by atoms with van der Waals surface area (Å²) in [6.07, 6.45) is -4.57. The summed E-state index contributed by atoms with van der Waals surface area (Å²) in [6, 6.07) is 5.36. The lowest BCUT2D eigenvalue weighted by Gasteiger charge is -2.11. The van der Waals surface area contributed by atoms with Gasteiger partial charge < -0.3 is 4.57 Å². The van der Waals surface area contributed by atoms with Gasteiger partial charge in [0.1, 0.15) is 0 Å². The van der Waals surface area contributed by atoms with Gasteiger partial charge in [-0.2, -0.15) is 13.2 Å². The lowest BCUT2D eigenvalue weighted by Crippen LogP contribution is -2.16. The fraction of sp³-hybridized carbons (Fsp3) is 0.400. The lowest BCUT2D eigenvalue weighted by atomic mass is 10.0. The molecule has 0 radical (unpaired) electrons. The van der Waals surface area contributed by atoms with Gasteiger partial charge in [0.15, 0.2) is 10.9 Å². The number of halogens is 3. The number of nitrogens with zero attached hydrogens (tertiary/aromatic N) is 3. The van der Waals surface area contributed by atoms with E-state index in [0.717, 1.165) is 27.5 Å². The Kier molecular flexibility index (Phi) is 4.84. The summed E-state index contributed by atoms with van der Waals surface area (Å²) < 4.78 is 39.0. The number of rotatable bonds is 4. The van der Waals surface area contributed by atoms with Gasteiger partial charge in [0.2, 0.25) is 5.82 Å². The first-order valence-corrected chi connectivity index (χ1v) is 7.74. The second kappa shape index (κ2) is 6.35. The Morgan fingerprint density at radius 2 is 1.87 bits per heavy atom. The highest BCUT2D eigenvalue weighted by Gasteiger charge is 2.37. The van der Waals surface area contributed by atoms with Crippen LogP contribution in [0.5, 0.6) is 0 Å². The average Bonchev–Trinajstić information content (AvgIpc) is 2.82. The van der Waals surface area contributed by atoms with Crippen molar-refractivity contribution < 1.29 is 18.0 Å². The molecule has 1 heterocycles. The molecule has 0 saturated carbocycles. The van der Waals surface area contributed by atoms with Gasteiger partial charge in [-0.05, 0) is 38.0 Å². The van der Waals surface area contributed by atoms with Gasteiger partial charge in [0.25, 0.3) is 0 Å². The first kappa shape index (κ1) is 17.5. The van der Waals surface area contributed by atoms with Crippen LogP contribution in [0.25, 0.3) is 0 Å². The molecular weight excluding hydrogens is 327 g/mol. The fourth-order valence-electron chi connectivity index (χ4n) is 2.01. The molecule has 1 aromatic heterocycles. The van der Waals surface area contributed by atoms with Crippen molar-refractivity contribution >= 4 is 17.5 Å². The molecule has 1 atom stereocenters. The molecule has 8 heteroatoms. The molecule has 0 unspecified atom stereocenters. The standard InChI is InChI=1S/C15H16F3N3OS/c1-8-5-6-11(7-9(8)2)12(22)10(3)23-14-20-19-13(21(14)4)15(16,17)18/h5-7,10H,1-4H3/t10-/m0/s1. The minimum atomic E-state index is -4.57. The number of aryl methyl sites for hydroxylation is 2. The van der Waals surface area contributed by atoms with Crippen LogP contribution in [-0.4, -0.2) is 25.8 Å². The number of Topliss-reactive ketones (excluding diaryl/α,β-unsaturated/α-hetero) is 1. The second-order valence-electron chi connectivity index (χ2n) is 5.29.